The van der Waals surface area contributed by atoms with E-state index in [0.717, 1.165) is 13.8 Å². The standard InChI is InChI=1S/C11H8BrIN2O2/c1-16-7-2-3-10(8(12)4-7)17-11-9(13)5-14-6-15-11/h2-6H,1H3. The number of nitrogens with zero attached hydrogens (tertiary/aromatic N) is 2. The highest BCUT2D eigenvalue weighted by atomic mass is 127. The summed E-state index contributed by atoms with van der Waals surface area (Å²) in [6.07, 6.45) is 3.15. The number of benzene rings is 1. The molecule has 0 fully saturated rings. The highest BCUT2D eigenvalue weighted by Gasteiger charge is 2.07. The number of rotatable bonds is 3. The minimum Gasteiger partial charge on any atom is -0.497 e. The van der Waals surface area contributed by atoms with Crippen molar-refractivity contribution in [3.8, 4) is 17.4 Å². The lowest BCUT2D eigenvalue weighted by Crippen LogP contribution is -1.93. The predicted molar refractivity (Wildman–Crippen MR) is 75.5 cm³/mol. The molecule has 0 bridgehead atoms. The molecule has 88 valence electrons. The van der Waals surface area contributed by atoms with Gasteiger partial charge >= 0.3 is 0 Å². The molecule has 0 aliphatic heterocycles. The minimum atomic E-state index is 0.534. The first-order valence-corrected chi connectivity index (χ1v) is 6.55. The fraction of sp³-hybridized carbons (Fsp3) is 0.0909. The molecular weight excluding hydrogens is 399 g/mol. The average molecular weight is 407 g/mol. The van der Waals surface area contributed by atoms with Crippen LogP contribution in [0.2, 0.25) is 0 Å². The third-order valence-electron chi connectivity index (χ3n) is 1.98. The van der Waals surface area contributed by atoms with Crippen LogP contribution in [0, 0.1) is 3.57 Å². The molecule has 2 aromatic rings. The minimum absolute atomic E-state index is 0.534. The molecule has 0 amide bonds. The smallest absolute Gasteiger partial charge is 0.235 e. The van der Waals surface area contributed by atoms with Gasteiger partial charge in [0.05, 0.1) is 15.2 Å². The molecule has 4 nitrogen and oxygen atoms in total. The van der Waals surface area contributed by atoms with Gasteiger partial charge in [-0.2, -0.15) is 0 Å². The molecule has 0 saturated heterocycles. The number of aromatic nitrogens is 2. The molecule has 17 heavy (non-hydrogen) atoms. The summed E-state index contributed by atoms with van der Waals surface area (Å²) in [5.41, 5.74) is 0. The maximum Gasteiger partial charge on any atom is 0.235 e. The summed E-state index contributed by atoms with van der Waals surface area (Å²) in [7, 11) is 1.62. The molecule has 0 aliphatic rings. The van der Waals surface area contributed by atoms with Crippen molar-refractivity contribution >= 4 is 38.5 Å². The van der Waals surface area contributed by atoms with E-state index in [-0.39, 0.29) is 0 Å². The summed E-state index contributed by atoms with van der Waals surface area (Å²) in [4.78, 5) is 7.97. The Morgan fingerprint density at radius 2 is 2.18 bits per heavy atom. The van der Waals surface area contributed by atoms with E-state index < -0.39 is 0 Å². The van der Waals surface area contributed by atoms with Crippen molar-refractivity contribution in [3.05, 3.63) is 38.8 Å². The molecule has 6 heteroatoms. The highest BCUT2D eigenvalue weighted by Crippen LogP contribution is 2.33. The molecule has 0 saturated carbocycles. The maximum absolute atomic E-state index is 5.68. The first kappa shape index (κ1) is 12.6. The normalized spacial score (nSPS) is 10.1. The summed E-state index contributed by atoms with van der Waals surface area (Å²) in [5.74, 6) is 1.98. The van der Waals surface area contributed by atoms with E-state index in [1.807, 2.05) is 18.2 Å². The molecule has 0 aliphatic carbocycles. The Labute approximate surface area is 121 Å². The molecule has 0 atom stereocenters. The van der Waals surface area contributed by atoms with Crippen molar-refractivity contribution in [1.82, 2.24) is 9.97 Å². The Morgan fingerprint density at radius 3 is 2.82 bits per heavy atom. The van der Waals surface area contributed by atoms with Gasteiger partial charge in [-0.3, -0.25) is 0 Å². The van der Waals surface area contributed by atoms with Gasteiger partial charge in [-0.15, -0.1) is 0 Å². The van der Waals surface area contributed by atoms with E-state index in [0.29, 0.717) is 11.6 Å². The van der Waals surface area contributed by atoms with Gasteiger partial charge < -0.3 is 9.47 Å². The van der Waals surface area contributed by atoms with Gasteiger partial charge in [-0.25, -0.2) is 9.97 Å². The summed E-state index contributed by atoms with van der Waals surface area (Å²) in [5, 5.41) is 0. The second-order valence-electron chi connectivity index (χ2n) is 3.07. The van der Waals surface area contributed by atoms with Gasteiger partial charge in [-0.05, 0) is 56.7 Å². The van der Waals surface area contributed by atoms with Crippen LogP contribution in [-0.2, 0) is 0 Å². The summed E-state index contributed by atoms with van der Waals surface area (Å²) in [6.45, 7) is 0. The molecule has 1 heterocycles. The van der Waals surface area contributed by atoms with E-state index in [4.69, 9.17) is 9.47 Å². The average Bonchev–Trinajstić information content (AvgIpc) is 2.34. The van der Waals surface area contributed by atoms with Crippen LogP contribution in [0.25, 0.3) is 0 Å². The first-order valence-electron chi connectivity index (χ1n) is 4.67. The zero-order valence-electron chi connectivity index (χ0n) is 8.85. The van der Waals surface area contributed by atoms with Crippen LogP contribution >= 0.6 is 38.5 Å². The molecule has 1 aromatic carbocycles. The Bertz CT molecular complexity index is 537. The lowest BCUT2D eigenvalue weighted by Gasteiger charge is -2.08. The van der Waals surface area contributed by atoms with Crippen molar-refractivity contribution in [3.63, 3.8) is 0 Å². The van der Waals surface area contributed by atoms with Crippen molar-refractivity contribution in [2.75, 3.05) is 7.11 Å². The number of halogens is 2. The number of hydrogen-bond donors (Lipinski definition) is 0. The number of methoxy groups -OCH3 is 1. The van der Waals surface area contributed by atoms with E-state index >= 15 is 0 Å². The van der Waals surface area contributed by atoms with E-state index in [1.54, 1.807) is 13.3 Å². The molecule has 0 radical (unpaired) electrons. The summed E-state index contributed by atoms with van der Waals surface area (Å²) in [6, 6.07) is 5.48. The molecule has 1 aromatic heterocycles. The van der Waals surface area contributed by atoms with Crippen LogP contribution in [-0.4, -0.2) is 17.1 Å². The van der Waals surface area contributed by atoms with Gasteiger partial charge in [0.25, 0.3) is 0 Å². The lowest BCUT2D eigenvalue weighted by atomic mass is 10.3. The van der Waals surface area contributed by atoms with Gasteiger partial charge in [0.2, 0.25) is 5.88 Å². The molecule has 0 unspecified atom stereocenters. The van der Waals surface area contributed by atoms with Crippen LogP contribution in [0.5, 0.6) is 17.4 Å². The first-order chi connectivity index (χ1) is 8.20. The lowest BCUT2D eigenvalue weighted by molar-refractivity contribution is 0.411. The Kier molecular flexibility index (Phi) is 4.16. The SMILES string of the molecule is COc1ccc(Oc2ncncc2I)c(Br)c1. The second kappa shape index (κ2) is 5.63. The number of hydrogen-bond acceptors (Lipinski definition) is 4. The third-order valence-corrected chi connectivity index (χ3v) is 3.34. The second-order valence-corrected chi connectivity index (χ2v) is 5.09. The molecular formula is C11H8BrIN2O2. The van der Waals surface area contributed by atoms with Gasteiger partial charge in [-0.1, -0.05) is 0 Å². The topological polar surface area (TPSA) is 44.2 Å². The fourth-order valence-electron chi connectivity index (χ4n) is 1.17. The van der Waals surface area contributed by atoms with Crippen molar-refractivity contribution < 1.29 is 9.47 Å². The fourth-order valence-corrected chi connectivity index (χ4v) is 2.02. The zero-order chi connectivity index (χ0) is 12.3. The predicted octanol–water partition coefficient (Wildman–Crippen LogP) is 3.64. The van der Waals surface area contributed by atoms with Crippen molar-refractivity contribution in [1.29, 1.82) is 0 Å². The van der Waals surface area contributed by atoms with Gasteiger partial charge in [0.1, 0.15) is 17.8 Å². The van der Waals surface area contributed by atoms with Crippen LogP contribution in [0.15, 0.2) is 35.2 Å². The van der Waals surface area contributed by atoms with Crippen LogP contribution < -0.4 is 9.47 Å². The highest BCUT2D eigenvalue weighted by molar-refractivity contribution is 14.1. The Balaban J connectivity index is 2.28. The van der Waals surface area contributed by atoms with Crippen LogP contribution in [0.4, 0.5) is 0 Å². The van der Waals surface area contributed by atoms with Gasteiger partial charge in [0.15, 0.2) is 0 Å². The van der Waals surface area contributed by atoms with Gasteiger partial charge in [0, 0.05) is 6.20 Å². The van der Waals surface area contributed by atoms with Crippen molar-refractivity contribution in [2.45, 2.75) is 0 Å². The zero-order valence-corrected chi connectivity index (χ0v) is 12.6. The maximum atomic E-state index is 5.68. The molecule has 0 N–H and O–H groups in total. The monoisotopic (exact) mass is 406 g/mol. The summed E-state index contributed by atoms with van der Waals surface area (Å²) < 4.78 is 12.5. The quantitative estimate of drug-likeness (QED) is 0.730. The van der Waals surface area contributed by atoms with Crippen molar-refractivity contribution in [2.24, 2.45) is 0 Å². The Hall–Kier alpha value is -0.890. The van der Waals surface area contributed by atoms with Crippen LogP contribution in [0.3, 0.4) is 0 Å². The molecule has 2 rings (SSSR count). The van der Waals surface area contributed by atoms with E-state index in [2.05, 4.69) is 48.5 Å². The Morgan fingerprint density at radius 1 is 1.35 bits per heavy atom. The third kappa shape index (κ3) is 3.06. The van der Waals surface area contributed by atoms with E-state index in [1.165, 1.54) is 6.33 Å². The largest absolute Gasteiger partial charge is 0.497 e. The number of ether oxygens (including phenoxy) is 2. The summed E-state index contributed by atoms with van der Waals surface area (Å²) >= 11 is 5.54. The van der Waals surface area contributed by atoms with Crippen LogP contribution in [0.1, 0.15) is 0 Å². The van der Waals surface area contributed by atoms with E-state index in [9.17, 15) is 0 Å². The molecule has 0 spiro atoms.